The molecular formula is C16H14N2O7. The van der Waals surface area contributed by atoms with Crippen LogP contribution in [0.3, 0.4) is 0 Å². The Morgan fingerprint density at radius 1 is 1.16 bits per heavy atom. The van der Waals surface area contributed by atoms with E-state index in [2.05, 4.69) is 14.6 Å². The summed E-state index contributed by atoms with van der Waals surface area (Å²) in [7, 11) is 2.15. The van der Waals surface area contributed by atoms with Crippen LogP contribution in [-0.2, 0) is 34.3 Å². The number of ketones is 1. The van der Waals surface area contributed by atoms with Gasteiger partial charge in [0.1, 0.15) is 5.57 Å². The van der Waals surface area contributed by atoms with Crippen LogP contribution in [0.5, 0.6) is 0 Å². The van der Waals surface area contributed by atoms with Crippen molar-refractivity contribution in [1.29, 1.82) is 0 Å². The summed E-state index contributed by atoms with van der Waals surface area (Å²) >= 11 is 0. The average molecular weight is 346 g/mol. The fourth-order valence-electron chi connectivity index (χ4n) is 2.98. The number of fused-ring (bicyclic) bond motifs is 2. The Kier molecular flexibility index (Phi) is 3.59. The number of carbonyl (C=O) groups excluding carboxylic acids is 3. The molecule has 9 nitrogen and oxygen atoms in total. The molecular weight excluding hydrogens is 332 g/mol. The van der Waals surface area contributed by atoms with Crippen molar-refractivity contribution >= 4 is 17.7 Å². The number of hydrogen-bond donors (Lipinski definition) is 0. The molecule has 0 saturated heterocycles. The minimum absolute atomic E-state index is 0.0730. The highest BCUT2D eigenvalue weighted by Gasteiger charge is 2.74. The zero-order valence-corrected chi connectivity index (χ0v) is 13.6. The number of ether oxygens (including phenoxy) is 3. The van der Waals surface area contributed by atoms with E-state index in [4.69, 9.17) is 4.74 Å². The third kappa shape index (κ3) is 1.98. The second kappa shape index (κ2) is 5.40. The molecule has 2 unspecified atom stereocenters. The van der Waals surface area contributed by atoms with Crippen LogP contribution in [0.15, 0.2) is 46.8 Å². The van der Waals surface area contributed by atoms with E-state index >= 15 is 0 Å². The Labute approximate surface area is 142 Å². The van der Waals surface area contributed by atoms with E-state index in [0.717, 1.165) is 14.2 Å². The molecule has 1 aromatic rings. The summed E-state index contributed by atoms with van der Waals surface area (Å²) in [6.45, 7) is 1.25. The molecule has 0 radical (unpaired) electrons. The lowest BCUT2D eigenvalue weighted by molar-refractivity contribution is -0.641. The third-order valence-electron chi connectivity index (χ3n) is 4.20. The number of benzene rings is 1. The standard InChI is InChI=1S/C16H14N2O7/c1-15-10(12(19)23-2)11(13(20)24-3)25-16(14(15)21,18(22)17-15)9-7-5-4-6-8-9/h4-8H,1-3H3. The second-order valence-corrected chi connectivity index (χ2v) is 5.57. The van der Waals surface area contributed by atoms with E-state index in [1.165, 1.54) is 19.1 Å². The summed E-state index contributed by atoms with van der Waals surface area (Å²) in [5, 5.41) is 16.3. The molecule has 0 aliphatic carbocycles. The Morgan fingerprint density at radius 3 is 2.32 bits per heavy atom. The van der Waals surface area contributed by atoms with Crippen LogP contribution in [0, 0.1) is 5.21 Å². The van der Waals surface area contributed by atoms with Crippen LogP contribution < -0.4 is 0 Å². The number of esters is 2. The summed E-state index contributed by atoms with van der Waals surface area (Å²) in [5.74, 6) is -3.42. The maximum Gasteiger partial charge on any atom is 0.431 e. The first-order valence-corrected chi connectivity index (χ1v) is 7.24. The van der Waals surface area contributed by atoms with Gasteiger partial charge in [-0.1, -0.05) is 18.2 Å². The number of azo groups is 1. The zero-order valence-electron chi connectivity index (χ0n) is 13.6. The SMILES string of the molecule is COC(=O)C1=C(C(=O)OC)C2(C)N=[N+]([O-])C(c3ccccc3)(O1)C2=O. The molecule has 0 amide bonds. The Bertz CT molecular complexity index is 845. The minimum Gasteiger partial charge on any atom is -0.596 e. The summed E-state index contributed by atoms with van der Waals surface area (Å²) in [4.78, 5) is 37.5. The smallest absolute Gasteiger partial charge is 0.431 e. The van der Waals surface area contributed by atoms with E-state index in [-0.39, 0.29) is 10.4 Å². The molecule has 0 aromatic heterocycles. The van der Waals surface area contributed by atoms with Crippen molar-refractivity contribution in [3.63, 3.8) is 0 Å². The second-order valence-electron chi connectivity index (χ2n) is 5.57. The van der Waals surface area contributed by atoms with Crippen molar-refractivity contribution < 1.29 is 33.5 Å². The maximum absolute atomic E-state index is 13.1. The van der Waals surface area contributed by atoms with Gasteiger partial charge in [0.15, 0.2) is 0 Å². The van der Waals surface area contributed by atoms with Gasteiger partial charge in [-0.05, 0) is 29.0 Å². The third-order valence-corrected chi connectivity index (χ3v) is 4.20. The van der Waals surface area contributed by atoms with Gasteiger partial charge in [0.25, 0.3) is 5.78 Å². The van der Waals surface area contributed by atoms with E-state index < -0.39 is 40.3 Å². The number of carbonyl (C=O) groups is 3. The van der Waals surface area contributed by atoms with Gasteiger partial charge in [-0.3, -0.25) is 4.79 Å². The van der Waals surface area contributed by atoms with Crippen molar-refractivity contribution in [2.45, 2.75) is 18.2 Å². The Hall–Kier alpha value is -3.23. The van der Waals surface area contributed by atoms with Gasteiger partial charge in [0, 0.05) is 0 Å². The highest BCUT2D eigenvalue weighted by atomic mass is 16.6. The van der Waals surface area contributed by atoms with Gasteiger partial charge in [-0.15, -0.1) is 0 Å². The predicted molar refractivity (Wildman–Crippen MR) is 79.7 cm³/mol. The summed E-state index contributed by atoms with van der Waals surface area (Å²) in [6.07, 6.45) is 0. The first-order chi connectivity index (χ1) is 11.8. The lowest BCUT2D eigenvalue weighted by atomic mass is 9.79. The quantitative estimate of drug-likeness (QED) is 0.451. The van der Waals surface area contributed by atoms with Crippen molar-refractivity contribution in [2.24, 2.45) is 5.11 Å². The molecule has 2 bridgehead atoms. The molecule has 2 aliphatic heterocycles. The van der Waals surface area contributed by atoms with Crippen molar-refractivity contribution in [2.75, 3.05) is 14.2 Å². The van der Waals surface area contributed by atoms with E-state index in [1.54, 1.807) is 18.2 Å². The first kappa shape index (κ1) is 16.6. The molecule has 2 atom stereocenters. The van der Waals surface area contributed by atoms with Gasteiger partial charge < -0.3 is 19.4 Å². The normalized spacial score (nSPS) is 27.5. The number of hydroxylamine groups is 1. The molecule has 0 spiro atoms. The van der Waals surface area contributed by atoms with Gasteiger partial charge in [-0.25, -0.2) is 9.59 Å². The summed E-state index contributed by atoms with van der Waals surface area (Å²) in [5.41, 5.74) is -4.45. The van der Waals surface area contributed by atoms with Crippen LogP contribution in [0.25, 0.3) is 0 Å². The van der Waals surface area contributed by atoms with E-state index in [9.17, 15) is 19.6 Å². The molecule has 25 heavy (non-hydrogen) atoms. The number of nitrogens with zero attached hydrogens (tertiary/aromatic N) is 2. The predicted octanol–water partition coefficient (Wildman–Crippen LogP) is 0.774. The monoisotopic (exact) mass is 346 g/mol. The number of Topliss-reactive ketones (excluding diaryl/α,β-unsaturated/α-hetero) is 1. The summed E-state index contributed by atoms with van der Waals surface area (Å²) < 4.78 is 14.8. The fourth-order valence-corrected chi connectivity index (χ4v) is 2.98. The number of methoxy groups -OCH3 is 2. The molecule has 0 N–H and O–H groups in total. The zero-order chi connectivity index (χ0) is 18.4. The fraction of sp³-hybridized carbons (Fsp3) is 0.312. The molecule has 2 heterocycles. The Morgan fingerprint density at radius 2 is 1.76 bits per heavy atom. The molecule has 3 rings (SSSR count). The number of rotatable bonds is 3. The van der Waals surface area contributed by atoms with Crippen LogP contribution in [0.1, 0.15) is 12.5 Å². The topological polar surface area (TPSA) is 117 Å². The molecule has 1 aromatic carbocycles. The van der Waals surface area contributed by atoms with Crippen LogP contribution in [-0.4, -0.2) is 42.3 Å². The molecule has 2 aliphatic rings. The van der Waals surface area contributed by atoms with Crippen LogP contribution in [0.4, 0.5) is 0 Å². The maximum atomic E-state index is 13.1. The Balaban J connectivity index is 2.33. The van der Waals surface area contributed by atoms with E-state index in [1.807, 2.05) is 0 Å². The van der Waals surface area contributed by atoms with Crippen molar-refractivity contribution in [1.82, 2.24) is 0 Å². The highest BCUT2D eigenvalue weighted by Crippen LogP contribution is 2.49. The van der Waals surface area contributed by atoms with E-state index in [0.29, 0.717) is 0 Å². The lowest BCUT2D eigenvalue weighted by Crippen LogP contribution is -2.54. The first-order valence-electron chi connectivity index (χ1n) is 7.24. The molecule has 130 valence electrons. The largest absolute Gasteiger partial charge is 0.596 e. The summed E-state index contributed by atoms with van der Waals surface area (Å²) in [6, 6.07) is 7.86. The van der Waals surface area contributed by atoms with Crippen molar-refractivity contribution in [3.05, 3.63) is 52.4 Å². The lowest BCUT2D eigenvalue weighted by Gasteiger charge is -2.31. The van der Waals surface area contributed by atoms with Gasteiger partial charge in [-0.2, -0.15) is 0 Å². The minimum atomic E-state index is -2.21. The number of hydrogen-bond acceptors (Lipinski definition) is 8. The van der Waals surface area contributed by atoms with Gasteiger partial charge in [0.05, 0.1) is 19.8 Å². The molecule has 0 fully saturated rings. The van der Waals surface area contributed by atoms with Gasteiger partial charge >= 0.3 is 17.7 Å². The van der Waals surface area contributed by atoms with Crippen LogP contribution >= 0.6 is 0 Å². The molecule has 0 saturated carbocycles. The van der Waals surface area contributed by atoms with Crippen LogP contribution in [0.2, 0.25) is 0 Å². The highest BCUT2D eigenvalue weighted by molar-refractivity contribution is 6.12. The molecule has 9 heteroatoms. The average Bonchev–Trinajstić information content (AvgIpc) is 2.75. The van der Waals surface area contributed by atoms with Gasteiger partial charge in [0.2, 0.25) is 11.3 Å². The van der Waals surface area contributed by atoms with Crippen molar-refractivity contribution in [3.8, 4) is 0 Å².